The predicted molar refractivity (Wildman–Crippen MR) is 78.4 cm³/mol. The molecule has 0 saturated carbocycles. The van der Waals surface area contributed by atoms with E-state index in [1.54, 1.807) is 48.5 Å². The fraction of sp³-hybridized carbons (Fsp3) is 0.0625. The van der Waals surface area contributed by atoms with E-state index in [0.29, 0.717) is 11.3 Å². The molecule has 0 radical (unpaired) electrons. The normalized spacial score (nSPS) is 10.4. The molecule has 0 aromatic heterocycles. The highest BCUT2D eigenvalue weighted by atomic mass is 16.5. The Morgan fingerprint density at radius 3 is 2.41 bits per heavy atom. The van der Waals surface area contributed by atoms with Gasteiger partial charge in [-0.05, 0) is 42.0 Å². The summed E-state index contributed by atoms with van der Waals surface area (Å²) < 4.78 is 4.95. The number of aliphatic carboxylic acids is 1. The molecular weight excluding hydrogens is 284 g/mol. The molecule has 0 aliphatic heterocycles. The first kappa shape index (κ1) is 15.2. The number of carbonyl (C=O) groups excluding carboxylic acids is 2. The van der Waals surface area contributed by atoms with Gasteiger partial charge in [-0.15, -0.1) is 0 Å². The minimum Gasteiger partial charge on any atom is -0.546 e. The Balaban J connectivity index is 1.88. The monoisotopic (exact) mass is 297 g/mol. The Hall–Kier alpha value is -3.15. The minimum absolute atomic E-state index is 0.300. The van der Waals surface area contributed by atoms with Crippen molar-refractivity contribution < 1.29 is 19.4 Å². The number of amides is 1. The maximum absolute atomic E-state index is 11.7. The lowest BCUT2D eigenvalue weighted by atomic mass is 10.2. The highest BCUT2D eigenvalue weighted by Crippen LogP contribution is 2.10. The Morgan fingerprint density at radius 1 is 1.09 bits per heavy atom. The molecule has 112 valence electrons. The van der Waals surface area contributed by atoms with Crippen LogP contribution in [0, 0.1) is 0 Å². The topological polar surface area (TPSA) is 90.8 Å². The van der Waals surface area contributed by atoms with Crippen molar-refractivity contribution in [2.24, 2.45) is 5.10 Å². The molecule has 0 bridgehead atoms. The second-order valence-corrected chi connectivity index (χ2v) is 4.29. The third-order valence-corrected chi connectivity index (χ3v) is 2.65. The molecule has 0 spiro atoms. The number of nitrogens with zero attached hydrogens (tertiary/aromatic N) is 1. The van der Waals surface area contributed by atoms with Gasteiger partial charge in [-0.3, -0.25) is 4.79 Å². The maximum atomic E-state index is 11.7. The van der Waals surface area contributed by atoms with E-state index in [-0.39, 0.29) is 5.91 Å². The number of hydrazone groups is 1. The van der Waals surface area contributed by atoms with Gasteiger partial charge in [0.25, 0.3) is 5.91 Å². The summed E-state index contributed by atoms with van der Waals surface area (Å²) in [6.45, 7) is -0.499. The van der Waals surface area contributed by atoms with Crippen molar-refractivity contribution in [1.29, 1.82) is 0 Å². The number of carbonyl (C=O) groups is 2. The Morgan fingerprint density at radius 2 is 1.77 bits per heavy atom. The molecule has 6 heteroatoms. The first-order valence-electron chi connectivity index (χ1n) is 6.46. The van der Waals surface area contributed by atoms with Crippen LogP contribution in [-0.2, 0) is 4.79 Å². The molecule has 1 N–H and O–H groups in total. The summed E-state index contributed by atoms with van der Waals surface area (Å²) in [6.07, 6.45) is 1.48. The molecule has 0 unspecified atom stereocenters. The molecule has 1 amide bonds. The molecule has 0 aliphatic carbocycles. The van der Waals surface area contributed by atoms with Gasteiger partial charge in [-0.1, -0.05) is 18.2 Å². The molecule has 0 saturated heterocycles. The van der Waals surface area contributed by atoms with Gasteiger partial charge in [-0.25, -0.2) is 5.43 Å². The van der Waals surface area contributed by atoms with Crippen LogP contribution in [-0.4, -0.2) is 24.7 Å². The number of carboxylic acid groups (broad SMARTS) is 1. The van der Waals surface area contributed by atoms with Gasteiger partial charge in [-0.2, -0.15) is 5.10 Å². The number of carboxylic acids is 1. The summed E-state index contributed by atoms with van der Waals surface area (Å²) in [5, 5.41) is 14.1. The fourth-order valence-corrected chi connectivity index (χ4v) is 1.61. The van der Waals surface area contributed by atoms with E-state index in [4.69, 9.17) is 4.74 Å². The SMILES string of the molecule is O=C([O-])COc1ccc(/C=N\NC(=O)c2ccccc2)cc1. The number of benzene rings is 2. The Labute approximate surface area is 127 Å². The summed E-state index contributed by atoms with van der Waals surface area (Å²) in [5.74, 6) is -1.17. The van der Waals surface area contributed by atoms with E-state index >= 15 is 0 Å². The van der Waals surface area contributed by atoms with Crippen molar-refractivity contribution in [1.82, 2.24) is 5.43 Å². The van der Waals surface area contributed by atoms with Gasteiger partial charge in [0.05, 0.1) is 12.2 Å². The molecule has 0 aliphatic rings. The number of hydrogen-bond acceptors (Lipinski definition) is 5. The van der Waals surface area contributed by atoms with Gasteiger partial charge < -0.3 is 14.6 Å². The van der Waals surface area contributed by atoms with Crippen LogP contribution >= 0.6 is 0 Å². The zero-order valence-corrected chi connectivity index (χ0v) is 11.6. The first-order valence-corrected chi connectivity index (χ1v) is 6.46. The minimum atomic E-state index is -1.28. The van der Waals surface area contributed by atoms with E-state index in [9.17, 15) is 14.7 Å². The maximum Gasteiger partial charge on any atom is 0.271 e. The van der Waals surface area contributed by atoms with Crippen molar-refractivity contribution in [3.8, 4) is 5.75 Å². The van der Waals surface area contributed by atoms with Crippen LogP contribution < -0.4 is 15.3 Å². The lowest BCUT2D eigenvalue weighted by Crippen LogP contribution is -2.28. The third kappa shape index (κ3) is 4.75. The second-order valence-electron chi connectivity index (χ2n) is 4.29. The fourth-order valence-electron chi connectivity index (χ4n) is 1.61. The summed E-state index contributed by atoms with van der Waals surface area (Å²) >= 11 is 0. The van der Waals surface area contributed by atoms with Crippen LogP contribution in [0.2, 0.25) is 0 Å². The van der Waals surface area contributed by atoms with Crippen LogP contribution in [0.15, 0.2) is 59.7 Å². The molecule has 2 aromatic rings. The lowest BCUT2D eigenvalue weighted by molar-refractivity contribution is -0.307. The average molecular weight is 297 g/mol. The Bertz CT molecular complexity index is 666. The van der Waals surface area contributed by atoms with Crippen molar-refractivity contribution in [2.45, 2.75) is 0 Å². The highest BCUT2D eigenvalue weighted by Gasteiger charge is 2.01. The van der Waals surface area contributed by atoms with E-state index < -0.39 is 12.6 Å². The number of ether oxygens (including phenoxy) is 1. The Kier molecular flexibility index (Phi) is 5.25. The van der Waals surface area contributed by atoms with Crippen LogP contribution in [0.1, 0.15) is 15.9 Å². The number of nitrogens with one attached hydrogen (secondary N) is 1. The average Bonchev–Trinajstić information content (AvgIpc) is 2.55. The molecule has 22 heavy (non-hydrogen) atoms. The van der Waals surface area contributed by atoms with Gasteiger partial charge in [0.1, 0.15) is 12.4 Å². The number of hydrogen-bond donors (Lipinski definition) is 1. The van der Waals surface area contributed by atoms with Crippen LogP contribution in [0.5, 0.6) is 5.75 Å². The van der Waals surface area contributed by atoms with Gasteiger partial charge >= 0.3 is 0 Å². The van der Waals surface area contributed by atoms with Crippen molar-refractivity contribution >= 4 is 18.1 Å². The molecule has 0 fully saturated rings. The smallest absolute Gasteiger partial charge is 0.271 e. The number of rotatable bonds is 6. The van der Waals surface area contributed by atoms with E-state index in [2.05, 4.69) is 10.5 Å². The highest BCUT2D eigenvalue weighted by molar-refractivity contribution is 5.94. The first-order chi connectivity index (χ1) is 10.6. The summed E-state index contributed by atoms with van der Waals surface area (Å²) in [7, 11) is 0. The molecule has 0 heterocycles. The molecule has 2 aromatic carbocycles. The largest absolute Gasteiger partial charge is 0.546 e. The molecule has 0 atom stereocenters. The zero-order valence-electron chi connectivity index (χ0n) is 11.6. The second kappa shape index (κ2) is 7.58. The van der Waals surface area contributed by atoms with Crippen molar-refractivity contribution in [3.63, 3.8) is 0 Å². The third-order valence-electron chi connectivity index (χ3n) is 2.65. The lowest BCUT2D eigenvalue weighted by Gasteiger charge is -2.06. The van der Waals surface area contributed by atoms with Crippen molar-refractivity contribution in [2.75, 3.05) is 6.61 Å². The van der Waals surface area contributed by atoms with Gasteiger partial charge in [0.15, 0.2) is 0 Å². The predicted octanol–water partition coefficient (Wildman–Crippen LogP) is 0.579. The van der Waals surface area contributed by atoms with Crippen LogP contribution in [0.25, 0.3) is 0 Å². The summed E-state index contributed by atoms with van der Waals surface area (Å²) in [6, 6.07) is 15.3. The van der Waals surface area contributed by atoms with Crippen molar-refractivity contribution in [3.05, 3.63) is 65.7 Å². The summed E-state index contributed by atoms with van der Waals surface area (Å²) in [5.41, 5.74) is 3.67. The molecular formula is C16H13N2O4-. The van der Waals surface area contributed by atoms with E-state index in [1.807, 2.05) is 6.07 Å². The van der Waals surface area contributed by atoms with Crippen LogP contribution in [0.3, 0.4) is 0 Å². The standard InChI is InChI=1S/C16H14N2O4/c19-15(20)11-22-14-8-6-12(7-9-14)10-17-18-16(21)13-4-2-1-3-5-13/h1-10H,11H2,(H,18,21)(H,19,20)/p-1/b17-10-. The van der Waals surface area contributed by atoms with E-state index in [1.165, 1.54) is 6.21 Å². The van der Waals surface area contributed by atoms with Gasteiger partial charge in [0.2, 0.25) is 0 Å². The molecule has 2 rings (SSSR count). The molecule has 6 nitrogen and oxygen atoms in total. The van der Waals surface area contributed by atoms with E-state index in [0.717, 1.165) is 5.56 Å². The van der Waals surface area contributed by atoms with Gasteiger partial charge in [0, 0.05) is 5.56 Å². The summed E-state index contributed by atoms with van der Waals surface area (Å²) in [4.78, 5) is 22.0. The quantitative estimate of drug-likeness (QED) is 0.623. The van der Waals surface area contributed by atoms with Crippen LogP contribution in [0.4, 0.5) is 0 Å². The zero-order chi connectivity index (χ0) is 15.8.